The van der Waals surface area contributed by atoms with Crippen LogP contribution in [-0.4, -0.2) is 43.6 Å². The number of aromatic nitrogens is 5. The number of halogens is 4. The van der Waals surface area contributed by atoms with Gasteiger partial charge in [0.05, 0.1) is 28.3 Å². The lowest BCUT2D eigenvalue weighted by Crippen LogP contribution is -2.40. The van der Waals surface area contributed by atoms with Crippen molar-refractivity contribution in [1.29, 1.82) is 0 Å². The van der Waals surface area contributed by atoms with E-state index < -0.39 is 23.3 Å². The van der Waals surface area contributed by atoms with Crippen LogP contribution in [0.15, 0.2) is 61.1 Å². The number of hydrogen-bond donors (Lipinski definition) is 2. The first-order valence-electron chi connectivity index (χ1n) is 14.4. The van der Waals surface area contributed by atoms with Crippen molar-refractivity contribution in [2.24, 2.45) is 5.73 Å². The first kappa shape index (κ1) is 28.0. The number of H-pyrrole nitrogens is 1. The molecule has 0 bridgehead atoms. The Morgan fingerprint density at radius 2 is 1.64 bits per heavy atom. The van der Waals surface area contributed by atoms with Crippen LogP contribution in [0, 0.1) is 30.2 Å². The van der Waals surface area contributed by atoms with Gasteiger partial charge in [0.25, 0.3) is 0 Å². The van der Waals surface area contributed by atoms with Gasteiger partial charge in [-0.1, -0.05) is 6.07 Å². The Balaban J connectivity index is 1.55. The number of nitrogens with one attached hydrogen (secondary N) is 1. The summed E-state index contributed by atoms with van der Waals surface area (Å²) in [6, 6.07) is 9.05. The number of piperidine rings is 1. The smallest absolute Gasteiger partial charge is 0.153 e. The zero-order chi connectivity index (χ0) is 30.7. The van der Waals surface area contributed by atoms with Gasteiger partial charge in [-0.05, 0) is 62.1 Å². The normalized spacial score (nSPS) is 15.0. The fourth-order valence-corrected chi connectivity index (χ4v) is 6.09. The van der Waals surface area contributed by atoms with Crippen LogP contribution in [0.25, 0.3) is 44.6 Å². The van der Waals surface area contributed by atoms with Crippen molar-refractivity contribution < 1.29 is 17.6 Å². The highest BCUT2D eigenvalue weighted by Gasteiger charge is 2.29. The number of nitrogens with two attached hydrogens (primary N) is 1. The lowest BCUT2D eigenvalue weighted by atomic mass is 9.98. The fourth-order valence-electron chi connectivity index (χ4n) is 6.09. The molecule has 3 N–H and O–H groups in total. The Kier molecular flexibility index (Phi) is 6.84. The summed E-state index contributed by atoms with van der Waals surface area (Å²) in [6.07, 6.45) is 6.72. The van der Waals surface area contributed by atoms with E-state index in [9.17, 15) is 17.6 Å². The number of anilines is 1. The van der Waals surface area contributed by atoms with Crippen molar-refractivity contribution in [3.63, 3.8) is 0 Å². The molecule has 1 saturated heterocycles. The SMILES string of the molecule is Cc1ccc(C(C)n2cc(-c3nc4c(F)cc(F)cc4[nH]3)c3c(N4CCC(N)CC4)c(-c4cc(F)cc(F)c4)cnc32)nc1. The predicted molar refractivity (Wildman–Crippen MR) is 162 cm³/mol. The van der Waals surface area contributed by atoms with Gasteiger partial charge < -0.3 is 20.2 Å². The van der Waals surface area contributed by atoms with Gasteiger partial charge in [0.15, 0.2) is 5.82 Å². The summed E-state index contributed by atoms with van der Waals surface area (Å²) >= 11 is 0. The third-order valence-corrected chi connectivity index (χ3v) is 8.38. The van der Waals surface area contributed by atoms with E-state index in [0.29, 0.717) is 52.3 Å². The molecular formula is C33H29F4N7. The lowest BCUT2D eigenvalue weighted by molar-refractivity contribution is 0.502. The number of hydrogen-bond acceptors (Lipinski definition) is 5. The van der Waals surface area contributed by atoms with Crippen LogP contribution in [-0.2, 0) is 0 Å². The minimum absolute atomic E-state index is 0.00244. The monoisotopic (exact) mass is 599 g/mol. The van der Waals surface area contributed by atoms with Gasteiger partial charge in [0.2, 0.25) is 0 Å². The Hall–Kier alpha value is -4.77. The number of aryl methyl sites for hydroxylation is 1. The Morgan fingerprint density at radius 1 is 0.909 bits per heavy atom. The number of pyridine rings is 2. The number of benzene rings is 2. The molecule has 0 radical (unpaired) electrons. The molecule has 7 nitrogen and oxygen atoms in total. The number of nitrogens with zero attached hydrogens (tertiary/aromatic N) is 5. The summed E-state index contributed by atoms with van der Waals surface area (Å²) in [4.78, 5) is 19.3. The summed E-state index contributed by atoms with van der Waals surface area (Å²) < 4.78 is 60.0. The molecule has 1 aliphatic heterocycles. The molecule has 4 aromatic heterocycles. The first-order chi connectivity index (χ1) is 21.2. The molecule has 0 spiro atoms. The van der Waals surface area contributed by atoms with Crippen LogP contribution >= 0.6 is 0 Å². The maximum absolute atomic E-state index is 14.8. The van der Waals surface area contributed by atoms with Gasteiger partial charge in [0, 0.05) is 61.0 Å². The molecule has 0 amide bonds. The maximum atomic E-state index is 14.8. The van der Waals surface area contributed by atoms with Gasteiger partial charge in [0.1, 0.15) is 34.4 Å². The van der Waals surface area contributed by atoms with Crippen molar-refractivity contribution in [1.82, 2.24) is 24.5 Å². The Morgan fingerprint density at radius 3 is 2.34 bits per heavy atom. The molecule has 1 unspecified atom stereocenters. The largest absolute Gasteiger partial charge is 0.370 e. The number of fused-ring (bicyclic) bond motifs is 2. The summed E-state index contributed by atoms with van der Waals surface area (Å²) in [5.41, 5.74) is 11.0. The van der Waals surface area contributed by atoms with Crippen molar-refractivity contribution in [3.05, 3.63) is 95.6 Å². The topological polar surface area (TPSA) is 88.7 Å². The summed E-state index contributed by atoms with van der Waals surface area (Å²) in [7, 11) is 0. The summed E-state index contributed by atoms with van der Waals surface area (Å²) in [5.74, 6) is -2.63. The third-order valence-electron chi connectivity index (χ3n) is 8.38. The van der Waals surface area contributed by atoms with Crippen molar-refractivity contribution in [2.75, 3.05) is 18.0 Å². The number of imidazole rings is 1. The van der Waals surface area contributed by atoms with Gasteiger partial charge in [-0.3, -0.25) is 4.98 Å². The quantitative estimate of drug-likeness (QED) is 0.208. The Bertz CT molecular complexity index is 2000. The Labute approximate surface area is 250 Å². The molecular weight excluding hydrogens is 570 g/mol. The van der Waals surface area contributed by atoms with E-state index in [1.54, 1.807) is 12.4 Å². The van der Waals surface area contributed by atoms with Gasteiger partial charge in [-0.15, -0.1) is 0 Å². The molecule has 1 aliphatic rings. The van der Waals surface area contributed by atoms with Crippen molar-refractivity contribution in [2.45, 2.75) is 38.8 Å². The summed E-state index contributed by atoms with van der Waals surface area (Å²) in [5, 5.41) is 0.654. The molecule has 44 heavy (non-hydrogen) atoms. The van der Waals surface area contributed by atoms with Crippen molar-refractivity contribution >= 4 is 27.8 Å². The molecule has 2 aromatic carbocycles. The van der Waals surface area contributed by atoms with Crippen LogP contribution < -0.4 is 10.6 Å². The molecule has 5 heterocycles. The molecule has 224 valence electrons. The first-order valence-corrected chi connectivity index (χ1v) is 14.4. The maximum Gasteiger partial charge on any atom is 0.153 e. The van der Waals surface area contributed by atoms with Crippen LogP contribution in [0.5, 0.6) is 0 Å². The van der Waals surface area contributed by atoms with E-state index in [0.717, 1.165) is 36.2 Å². The van der Waals surface area contributed by atoms with Crippen LogP contribution in [0.2, 0.25) is 0 Å². The predicted octanol–water partition coefficient (Wildman–Crippen LogP) is 7.04. The standard InChI is InChI=1S/C33H29F4N7/c1-17-3-4-27(39-14-17)18(2)44-16-25(32-41-28-13-22(36)12-26(37)30(28)42-32)29-31(43-7-5-23(38)6-8-43)24(15-40-33(29)44)19-9-20(34)11-21(35)10-19/h3-4,9-16,18,23H,5-8,38H2,1-2H3,(H,41,42). The molecule has 6 aromatic rings. The fraction of sp³-hybridized carbons (Fsp3) is 0.242. The molecule has 1 fully saturated rings. The number of aromatic amines is 1. The van der Waals surface area contributed by atoms with Crippen LogP contribution in [0.4, 0.5) is 23.2 Å². The summed E-state index contributed by atoms with van der Waals surface area (Å²) in [6.45, 7) is 5.16. The zero-order valence-electron chi connectivity index (χ0n) is 24.1. The molecule has 0 saturated carbocycles. The molecule has 11 heteroatoms. The number of rotatable bonds is 5. The van der Waals surface area contributed by atoms with Gasteiger partial charge in [-0.2, -0.15) is 0 Å². The average Bonchev–Trinajstić information content (AvgIpc) is 3.59. The molecule has 7 rings (SSSR count). The molecule has 0 aliphatic carbocycles. The highest BCUT2D eigenvalue weighted by atomic mass is 19.1. The van der Waals surface area contributed by atoms with Crippen molar-refractivity contribution in [3.8, 4) is 22.5 Å². The van der Waals surface area contributed by atoms with E-state index in [4.69, 9.17) is 10.7 Å². The minimum atomic E-state index is -0.789. The lowest BCUT2D eigenvalue weighted by Gasteiger charge is -2.34. The van der Waals surface area contributed by atoms with E-state index in [2.05, 4.69) is 19.9 Å². The second-order valence-corrected chi connectivity index (χ2v) is 11.5. The highest BCUT2D eigenvalue weighted by Crippen LogP contribution is 2.44. The zero-order valence-corrected chi connectivity index (χ0v) is 24.1. The second kappa shape index (κ2) is 10.7. The third kappa shape index (κ3) is 4.86. The van der Waals surface area contributed by atoms with E-state index in [1.165, 1.54) is 18.2 Å². The van der Waals surface area contributed by atoms with E-state index in [1.807, 2.05) is 36.7 Å². The van der Waals surface area contributed by atoms with Crippen LogP contribution in [0.3, 0.4) is 0 Å². The van der Waals surface area contributed by atoms with Gasteiger partial charge in [-0.25, -0.2) is 27.5 Å². The second-order valence-electron chi connectivity index (χ2n) is 11.5. The van der Waals surface area contributed by atoms with E-state index in [-0.39, 0.29) is 23.1 Å². The molecule has 1 atom stereocenters. The highest BCUT2D eigenvalue weighted by molar-refractivity contribution is 6.07. The van der Waals surface area contributed by atoms with Crippen LogP contribution in [0.1, 0.15) is 37.1 Å². The average molecular weight is 600 g/mol. The van der Waals surface area contributed by atoms with Gasteiger partial charge >= 0.3 is 0 Å². The van der Waals surface area contributed by atoms with E-state index >= 15 is 0 Å². The minimum Gasteiger partial charge on any atom is -0.370 e.